The molecule has 0 saturated heterocycles. The summed E-state index contributed by atoms with van der Waals surface area (Å²) in [5.74, 6) is -0.766. The van der Waals surface area contributed by atoms with Crippen molar-refractivity contribution in [3.05, 3.63) is 0 Å². The molecule has 0 radical (unpaired) electrons. The fraction of sp³-hybridized carbons (Fsp3) is 0.846. The van der Waals surface area contributed by atoms with Crippen LogP contribution in [0.1, 0.15) is 39.0 Å². The Morgan fingerprint density at radius 1 is 1.37 bits per heavy atom. The van der Waals surface area contributed by atoms with Gasteiger partial charge >= 0.3 is 12.0 Å². The number of carboxylic acid groups (broad SMARTS) is 1. The van der Waals surface area contributed by atoms with Crippen molar-refractivity contribution < 1.29 is 19.8 Å². The molecule has 1 rings (SSSR count). The Bertz CT molecular complexity index is 322. The summed E-state index contributed by atoms with van der Waals surface area (Å²) >= 11 is 0. The molecule has 19 heavy (non-hydrogen) atoms. The minimum absolute atomic E-state index is 0.0229. The molecule has 110 valence electrons. The van der Waals surface area contributed by atoms with Crippen LogP contribution >= 0.6 is 0 Å². The van der Waals surface area contributed by atoms with E-state index in [1.807, 2.05) is 0 Å². The van der Waals surface area contributed by atoms with Gasteiger partial charge in [-0.25, -0.2) is 9.59 Å². The van der Waals surface area contributed by atoms with Gasteiger partial charge in [-0.2, -0.15) is 0 Å². The molecule has 3 atom stereocenters. The van der Waals surface area contributed by atoms with Gasteiger partial charge in [0.2, 0.25) is 0 Å². The van der Waals surface area contributed by atoms with Gasteiger partial charge in [-0.1, -0.05) is 19.8 Å². The Morgan fingerprint density at radius 3 is 2.58 bits per heavy atom. The van der Waals surface area contributed by atoms with E-state index < -0.39 is 12.1 Å². The van der Waals surface area contributed by atoms with Crippen molar-refractivity contribution in [3.63, 3.8) is 0 Å². The van der Waals surface area contributed by atoms with E-state index in [0.29, 0.717) is 5.92 Å². The van der Waals surface area contributed by atoms with E-state index in [2.05, 4.69) is 12.2 Å². The molecule has 0 spiro atoms. The predicted octanol–water partition coefficient (Wildman–Crippen LogP) is 1.04. The van der Waals surface area contributed by atoms with Gasteiger partial charge in [0.15, 0.2) is 6.10 Å². The summed E-state index contributed by atoms with van der Waals surface area (Å²) in [5.41, 5.74) is 0. The van der Waals surface area contributed by atoms with Crippen LogP contribution in [0.3, 0.4) is 0 Å². The number of carbonyl (C=O) groups is 2. The zero-order valence-corrected chi connectivity index (χ0v) is 11.6. The number of rotatable bonds is 5. The first-order chi connectivity index (χ1) is 8.93. The highest BCUT2D eigenvalue weighted by Crippen LogP contribution is 2.27. The first kappa shape index (κ1) is 15.8. The van der Waals surface area contributed by atoms with E-state index in [1.54, 1.807) is 11.9 Å². The number of nitrogens with one attached hydrogen (secondary N) is 1. The highest BCUT2D eigenvalue weighted by molar-refractivity contribution is 5.74. The standard InChI is InChI=1S/C13H24N2O4/c1-9-5-3-4-6-10(9)15(2)13(19)14-8-7-11(16)12(17)18/h9-11,16H,3-8H2,1-2H3,(H,14,19)(H,17,18)/t9?,10?,11-/m0/s1. The van der Waals surface area contributed by atoms with Crippen molar-refractivity contribution in [1.82, 2.24) is 10.2 Å². The molecule has 0 bridgehead atoms. The van der Waals surface area contributed by atoms with E-state index in [1.165, 1.54) is 6.42 Å². The number of aliphatic hydroxyl groups excluding tert-OH is 1. The second kappa shape index (κ2) is 7.33. The van der Waals surface area contributed by atoms with Crippen molar-refractivity contribution in [2.75, 3.05) is 13.6 Å². The van der Waals surface area contributed by atoms with Crippen LogP contribution in [0, 0.1) is 5.92 Å². The van der Waals surface area contributed by atoms with E-state index >= 15 is 0 Å². The minimum Gasteiger partial charge on any atom is -0.479 e. The van der Waals surface area contributed by atoms with Crippen molar-refractivity contribution in [1.29, 1.82) is 0 Å². The highest BCUT2D eigenvalue weighted by Gasteiger charge is 2.27. The maximum Gasteiger partial charge on any atom is 0.332 e. The summed E-state index contributed by atoms with van der Waals surface area (Å²) in [6, 6.07) is 0.0504. The number of amides is 2. The Kier molecular flexibility index (Phi) is 6.08. The molecule has 3 N–H and O–H groups in total. The van der Waals surface area contributed by atoms with E-state index in [-0.39, 0.29) is 25.0 Å². The third-order valence-corrected chi connectivity index (χ3v) is 3.86. The molecule has 1 aliphatic rings. The molecular formula is C13H24N2O4. The molecule has 0 aromatic rings. The highest BCUT2D eigenvalue weighted by atomic mass is 16.4. The number of urea groups is 1. The lowest BCUT2D eigenvalue weighted by atomic mass is 9.85. The van der Waals surface area contributed by atoms with E-state index in [0.717, 1.165) is 19.3 Å². The summed E-state index contributed by atoms with van der Waals surface area (Å²) in [4.78, 5) is 24.1. The normalized spacial score (nSPS) is 24.6. The molecular weight excluding hydrogens is 248 g/mol. The minimum atomic E-state index is -1.42. The average molecular weight is 272 g/mol. The maximum absolute atomic E-state index is 11.9. The second-order valence-electron chi connectivity index (χ2n) is 5.31. The zero-order valence-electron chi connectivity index (χ0n) is 11.6. The average Bonchev–Trinajstić information content (AvgIpc) is 2.38. The second-order valence-corrected chi connectivity index (χ2v) is 5.31. The van der Waals surface area contributed by atoms with Crippen molar-refractivity contribution in [3.8, 4) is 0 Å². The first-order valence-electron chi connectivity index (χ1n) is 6.85. The molecule has 2 amide bonds. The summed E-state index contributed by atoms with van der Waals surface area (Å²) in [7, 11) is 1.77. The number of hydrogen-bond acceptors (Lipinski definition) is 3. The van der Waals surface area contributed by atoms with Gasteiger partial charge in [0.25, 0.3) is 0 Å². The number of aliphatic hydroxyl groups is 1. The van der Waals surface area contributed by atoms with Crippen LogP contribution in [-0.2, 0) is 4.79 Å². The number of carboxylic acids is 1. The molecule has 2 unspecified atom stereocenters. The van der Waals surface area contributed by atoms with Crippen LogP contribution in [0.5, 0.6) is 0 Å². The largest absolute Gasteiger partial charge is 0.479 e. The Labute approximate surface area is 113 Å². The Balaban J connectivity index is 2.34. The molecule has 0 aromatic heterocycles. The fourth-order valence-corrected chi connectivity index (χ4v) is 2.59. The van der Waals surface area contributed by atoms with Crippen LogP contribution in [0.15, 0.2) is 0 Å². The fourth-order valence-electron chi connectivity index (χ4n) is 2.59. The number of aliphatic carboxylic acids is 1. The van der Waals surface area contributed by atoms with Crippen LogP contribution in [0.4, 0.5) is 4.79 Å². The topological polar surface area (TPSA) is 89.9 Å². The van der Waals surface area contributed by atoms with Crippen LogP contribution in [0.2, 0.25) is 0 Å². The molecule has 0 heterocycles. The smallest absolute Gasteiger partial charge is 0.332 e. The van der Waals surface area contributed by atoms with E-state index in [9.17, 15) is 9.59 Å². The number of hydrogen-bond donors (Lipinski definition) is 3. The van der Waals surface area contributed by atoms with Gasteiger partial charge in [-0.15, -0.1) is 0 Å². The summed E-state index contributed by atoms with van der Waals surface area (Å²) in [6.45, 7) is 2.32. The predicted molar refractivity (Wildman–Crippen MR) is 70.8 cm³/mol. The summed E-state index contributed by atoms with van der Waals surface area (Å²) in [5, 5.41) is 20.3. The van der Waals surface area contributed by atoms with Crippen molar-refractivity contribution in [2.24, 2.45) is 5.92 Å². The molecule has 1 aliphatic carbocycles. The third kappa shape index (κ3) is 4.70. The van der Waals surface area contributed by atoms with Gasteiger partial charge in [-0.3, -0.25) is 0 Å². The molecule has 6 heteroatoms. The summed E-state index contributed by atoms with van der Waals surface area (Å²) in [6.07, 6.45) is 3.12. The first-order valence-corrected chi connectivity index (χ1v) is 6.85. The maximum atomic E-state index is 11.9. The van der Waals surface area contributed by atoms with Gasteiger partial charge < -0.3 is 20.4 Å². The number of nitrogens with zero attached hydrogens (tertiary/aromatic N) is 1. The lowest BCUT2D eigenvalue weighted by Gasteiger charge is -2.36. The number of carbonyl (C=O) groups excluding carboxylic acids is 1. The lowest BCUT2D eigenvalue weighted by molar-refractivity contribution is -0.146. The van der Waals surface area contributed by atoms with Crippen molar-refractivity contribution in [2.45, 2.75) is 51.2 Å². The van der Waals surface area contributed by atoms with Gasteiger partial charge in [0.1, 0.15) is 0 Å². The molecule has 6 nitrogen and oxygen atoms in total. The van der Waals surface area contributed by atoms with Gasteiger partial charge in [0.05, 0.1) is 0 Å². The SMILES string of the molecule is CC1CCCCC1N(C)C(=O)NCC[C@H](O)C(=O)O. The monoisotopic (exact) mass is 272 g/mol. The summed E-state index contributed by atoms with van der Waals surface area (Å²) < 4.78 is 0. The lowest BCUT2D eigenvalue weighted by Crippen LogP contribution is -2.47. The molecule has 1 fully saturated rings. The molecule has 1 saturated carbocycles. The quantitative estimate of drug-likeness (QED) is 0.697. The van der Waals surface area contributed by atoms with Gasteiger partial charge in [-0.05, 0) is 18.8 Å². The Hall–Kier alpha value is -1.30. The molecule has 0 aliphatic heterocycles. The zero-order chi connectivity index (χ0) is 14.4. The molecule has 0 aromatic carbocycles. The van der Waals surface area contributed by atoms with Crippen LogP contribution in [0.25, 0.3) is 0 Å². The van der Waals surface area contributed by atoms with Gasteiger partial charge in [0, 0.05) is 26.1 Å². The van der Waals surface area contributed by atoms with Crippen LogP contribution < -0.4 is 5.32 Å². The van der Waals surface area contributed by atoms with Crippen LogP contribution in [-0.4, -0.2) is 52.9 Å². The Morgan fingerprint density at radius 2 is 2.00 bits per heavy atom. The van der Waals surface area contributed by atoms with Crippen molar-refractivity contribution >= 4 is 12.0 Å². The van der Waals surface area contributed by atoms with E-state index in [4.69, 9.17) is 10.2 Å². The third-order valence-electron chi connectivity index (χ3n) is 3.86.